The molecule has 2 aromatic rings. The molecule has 0 unspecified atom stereocenters. The molecule has 2 rings (SSSR count). The molecule has 0 saturated heterocycles. The van der Waals surface area contributed by atoms with Crippen molar-refractivity contribution in [2.75, 3.05) is 0 Å². The molecule has 35 heavy (non-hydrogen) atoms. The monoisotopic (exact) mass is 549 g/mol. The molecule has 194 valence electrons. The molecule has 3 nitrogen and oxygen atoms in total. The first-order valence-corrected chi connectivity index (χ1v) is 19.1. The van der Waals surface area contributed by atoms with E-state index in [0.29, 0.717) is 0 Å². The van der Waals surface area contributed by atoms with Gasteiger partial charge in [-0.25, -0.2) is 0 Å². The minimum absolute atomic E-state index is 0. The van der Waals surface area contributed by atoms with Gasteiger partial charge >= 0.3 is 17.1 Å². The van der Waals surface area contributed by atoms with E-state index in [1.165, 1.54) is 33.4 Å². The second-order valence-corrected chi connectivity index (χ2v) is 21.2. The van der Waals surface area contributed by atoms with Gasteiger partial charge < -0.3 is 9.96 Å². The fraction of sp³-hybridized carbons (Fsp3) is 0.483. The summed E-state index contributed by atoms with van der Waals surface area (Å²) < 4.78 is 4.82. The Morgan fingerprint density at radius 3 is 1.40 bits per heavy atom. The largest absolute Gasteiger partial charge is 2.00 e. The third-order valence-corrected chi connectivity index (χ3v) is 10.3. The number of hydrogen-bond acceptors (Lipinski definition) is 1. The van der Waals surface area contributed by atoms with Gasteiger partial charge in [-0.3, -0.25) is 4.99 Å². The van der Waals surface area contributed by atoms with Gasteiger partial charge in [0.15, 0.2) is 0 Å². The second-order valence-electron chi connectivity index (χ2n) is 11.6. The molecular formula is C29H47FeN3Si2. The summed E-state index contributed by atoms with van der Waals surface area (Å²) in [6.07, 6.45) is 2.05. The number of aryl methyl sites for hydroxylation is 6. The first-order valence-electron chi connectivity index (χ1n) is 12.2. The normalized spacial score (nSPS) is 12.5. The van der Waals surface area contributed by atoms with Crippen molar-refractivity contribution in [1.29, 1.82) is 0 Å². The number of nitrogens with zero attached hydrogens (tertiary/aromatic N) is 3. The van der Waals surface area contributed by atoms with Crippen LogP contribution in [0.1, 0.15) is 47.2 Å². The molecule has 0 atom stereocenters. The molecule has 0 radical (unpaired) electrons. The Kier molecular flexibility index (Phi) is 13.2. The summed E-state index contributed by atoms with van der Waals surface area (Å²) in [7, 11) is -2.21. The number of rotatable bonds is 6. The smallest absolute Gasteiger partial charge is 0.668 e. The second kappa shape index (κ2) is 13.8. The Morgan fingerprint density at radius 1 is 0.686 bits per heavy atom. The van der Waals surface area contributed by atoms with Crippen LogP contribution in [0.2, 0.25) is 39.3 Å². The molecule has 0 spiro atoms. The quantitative estimate of drug-likeness (QED) is 0.254. The predicted molar refractivity (Wildman–Crippen MR) is 161 cm³/mol. The third kappa shape index (κ3) is 12.9. The Balaban J connectivity index is 0.000000989. The molecule has 6 heteroatoms. The Bertz CT molecular complexity index is 1000. The topological polar surface area (TPSA) is 40.6 Å². The van der Waals surface area contributed by atoms with Gasteiger partial charge in [0.25, 0.3) is 0 Å². The van der Waals surface area contributed by atoms with E-state index < -0.39 is 16.5 Å². The molecule has 0 fully saturated rings. The fourth-order valence-corrected chi connectivity index (χ4v) is 12.5. The van der Waals surface area contributed by atoms with E-state index in [2.05, 4.69) is 111 Å². The summed E-state index contributed by atoms with van der Waals surface area (Å²) in [6.45, 7) is 30.6. The van der Waals surface area contributed by atoms with E-state index in [0.717, 1.165) is 22.8 Å². The van der Waals surface area contributed by atoms with Crippen molar-refractivity contribution in [1.82, 2.24) is 0 Å². The van der Waals surface area contributed by atoms with Crippen molar-refractivity contribution in [3.05, 3.63) is 79.4 Å². The average molecular weight is 550 g/mol. The summed E-state index contributed by atoms with van der Waals surface area (Å²) in [5.41, 5.74) is 11.5. The fourth-order valence-electron chi connectivity index (χ4n) is 4.42. The Morgan fingerprint density at radius 2 is 1.06 bits per heavy atom. The molecule has 0 amide bonds. The van der Waals surface area contributed by atoms with Crippen LogP contribution >= 0.6 is 0 Å². The molecule has 0 aliphatic carbocycles. The molecule has 0 aliphatic heterocycles. The molecule has 0 aromatic heterocycles. The number of aliphatic imine (C=N–C) groups is 1. The predicted octanol–water partition coefficient (Wildman–Crippen LogP) is 10.3. The minimum Gasteiger partial charge on any atom is -0.668 e. The van der Waals surface area contributed by atoms with Crippen LogP contribution in [-0.2, 0) is 17.1 Å². The van der Waals surface area contributed by atoms with E-state index in [4.69, 9.17) is 15.0 Å². The van der Waals surface area contributed by atoms with Crippen molar-refractivity contribution in [3.63, 3.8) is 0 Å². The number of hydrogen-bond donors (Lipinski definition) is 0. The molecule has 0 heterocycles. The summed E-state index contributed by atoms with van der Waals surface area (Å²) in [6, 6.07) is 8.72. The van der Waals surface area contributed by atoms with Crippen molar-refractivity contribution in [3.8, 4) is 0 Å². The van der Waals surface area contributed by atoms with Crippen molar-refractivity contribution in [2.45, 2.75) is 94.7 Å². The number of benzene rings is 2. The van der Waals surface area contributed by atoms with Gasteiger partial charge in [0.2, 0.25) is 0 Å². The van der Waals surface area contributed by atoms with E-state index in [1.54, 1.807) is 0 Å². The van der Waals surface area contributed by atoms with Crippen LogP contribution in [0.15, 0.2) is 41.0 Å². The van der Waals surface area contributed by atoms with Gasteiger partial charge in [0, 0.05) is 5.71 Å². The van der Waals surface area contributed by atoms with Crippen LogP contribution < -0.4 is 0 Å². The summed E-state index contributed by atoms with van der Waals surface area (Å²) in [4.78, 5) is 4.82. The maximum atomic E-state index is 4.82. The van der Waals surface area contributed by atoms with Gasteiger partial charge in [-0.1, -0.05) is 115 Å². The molecule has 0 aliphatic rings. The van der Waals surface area contributed by atoms with Gasteiger partial charge in [-0.05, 0) is 59.6 Å². The van der Waals surface area contributed by atoms with Crippen LogP contribution in [0.4, 0.5) is 11.4 Å². The van der Waals surface area contributed by atoms with Crippen molar-refractivity contribution < 1.29 is 17.1 Å². The summed E-state index contributed by atoms with van der Waals surface area (Å²) >= 11 is 0. The van der Waals surface area contributed by atoms with Crippen LogP contribution in [0.3, 0.4) is 0 Å². The zero-order chi connectivity index (χ0) is 26.4. The van der Waals surface area contributed by atoms with Crippen LogP contribution in [0, 0.1) is 41.5 Å². The minimum atomic E-state index is -1.11. The van der Waals surface area contributed by atoms with Crippen LogP contribution in [0.5, 0.6) is 0 Å². The molecule has 0 saturated carbocycles. The van der Waals surface area contributed by atoms with Crippen LogP contribution in [0.25, 0.3) is 9.96 Å². The summed E-state index contributed by atoms with van der Waals surface area (Å²) in [5, 5.41) is 4.82. The van der Waals surface area contributed by atoms with Crippen molar-refractivity contribution >= 4 is 33.6 Å². The molecular weight excluding hydrogens is 502 g/mol. The standard InChI is InChI=1S/C23H29N2.C6H18NSi2.Fe/c1-14-9-16(3)22(17(4)10-14)24-20(7)13-21(8)25-23-18(5)11-15(2)12-19(23)6;1-8(2,3)7-9(4,5)6;/h9-13H,1-8H3;1-6H3;/q2*-1;+2/b20-13-,25-21?;;. The van der Waals surface area contributed by atoms with E-state index in [1.807, 2.05) is 13.8 Å². The zero-order valence-electron chi connectivity index (χ0n) is 24.6. The van der Waals surface area contributed by atoms with Crippen molar-refractivity contribution in [2.24, 2.45) is 4.99 Å². The van der Waals surface area contributed by atoms with Gasteiger partial charge in [-0.15, -0.1) is 5.69 Å². The maximum Gasteiger partial charge on any atom is 2.00 e. The first-order chi connectivity index (χ1) is 15.4. The Labute approximate surface area is 229 Å². The van der Waals surface area contributed by atoms with E-state index in [-0.39, 0.29) is 17.1 Å². The molecule has 0 bridgehead atoms. The first kappa shape index (κ1) is 33.6. The zero-order valence-corrected chi connectivity index (χ0v) is 27.7. The molecule has 0 N–H and O–H groups in total. The Hall–Kier alpha value is -1.44. The van der Waals surface area contributed by atoms with E-state index >= 15 is 0 Å². The van der Waals surface area contributed by atoms with Gasteiger partial charge in [-0.2, -0.15) is 5.70 Å². The SMILES string of the molecule is CC(/C=C(/C)[N-]c1c(C)cc(C)cc1C)=Nc1c(C)cc(C)cc1C.C[Si](C)(C)[N-][Si](C)(C)C.[Fe+2]. The van der Waals surface area contributed by atoms with Gasteiger partial charge in [0.05, 0.1) is 5.69 Å². The third-order valence-electron chi connectivity index (χ3n) is 4.94. The number of allylic oxidation sites excluding steroid dienone is 2. The molecule has 2 aromatic carbocycles. The maximum absolute atomic E-state index is 4.82. The average Bonchev–Trinajstić information content (AvgIpc) is 2.58. The van der Waals surface area contributed by atoms with Crippen LogP contribution in [-0.4, -0.2) is 22.2 Å². The summed E-state index contributed by atoms with van der Waals surface area (Å²) in [5.74, 6) is 0. The van der Waals surface area contributed by atoms with Gasteiger partial charge in [0.1, 0.15) is 0 Å². The van der Waals surface area contributed by atoms with E-state index in [9.17, 15) is 0 Å².